The Bertz CT molecular complexity index is 748. The minimum absolute atomic E-state index is 0.687. The largest absolute Gasteiger partial charge is 0.439 e. The van der Waals surface area contributed by atoms with Crippen LogP contribution in [0.15, 0.2) is 36.7 Å². The Balaban J connectivity index is 2.11. The highest BCUT2D eigenvalue weighted by Crippen LogP contribution is 2.32. The number of pyridine rings is 1. The maximum absolute atomic E-state index is 5.95. The van der Waals surface area contributed by atoms with E-state index in [0.29, 0.717) is 11.6 Å². The molecule has 0 aliphatic carbocycles. The lowest BCUT2D eigenvalue weighted by atomic mass is 10.1. The van der Waals surface area contributed by atoms with E-state index in [-0.39, 0.29) is 0 Å². The van der Waals surface area contributed by atoms with Crippen LogP contribution in [-0.2, 0) is 7.05 Å². The average Bonchev–Trinajstić information content (AvgIpc) is 2.72. The molecule has 2 heterocycles. The summed E-state index contributed by atoms with van der Waals surface area (Å²) >= 11 is 0. The number of aryl methyl sites for hydroxylation is 2. The number of aromatic nitrogens is 3. The van der Waals surface area contributed by atoms with Gasteiger partial charge in [0.25, 0.3) is 0 Å². The van der Waals surface area contributed by atoms with E-state index in [1.165, 1.54) is 0 Å². The molecular weight excluding hydrogens is 240 g/mol. The molecule has 0 spiro atoms. The van der Waals surface area contributed by atoms with Gasteiger partial charge in [-0.15, -0.1) is 0 Å². The van der Waals surface area contributed by atoms with Gasteiger partial charge in [0.15, 0.2) is 0 Å². The van der Waals surface area contributed by atoms with Gasteiger partial charge in [-0.3, -0.25) is 4.98 Å². The van der Waals surface area contributed by atoms with Crippen LogP contribution in [0.4, 0.5) is 5.69 Å². The lowest BCUT2D eigenvalue weighted by Gasteiger charge is -2.09. The monoisotopic (exact) mass is 254 g/mol. The van der Waals surface area contributed by atoms with Gasteiger partial charge >= 0.3 is 0 Å². The van der Waals surface area contributed by atoms with Gasteiger partial charge in [0, 0.05) is 42.0 Å². The summed E-state index contributed by atoms with van der Waals surface area (Å²) in [5.41, 5.74) is 7.58. The Labute approximate surface area is 110 Å². The molecule has 1 aromatic carbocycles. The van der Waals surface area contributed by atoms with E-state index in [1.54, 1.807) is 17.1 Å². The topological polar surface area (TPSA) is 66.0 Å². The van der Waals surface area contributed by atoms with E-state index < -0.39 is 0 Å². The molecule has 96 valence electrons. The predicted octanol–water partition coefficient (Wildman–Crippen LogP) is 2.65. The highest BCUT2D eigenvalue weighted by atomic mass is 16.5. The Morgan fingerprint density at radius 2 is 2.05 bits per heavy atom. The molecule has 19 heavy (non-hydrogen) atoms. The second-order valence-electron chi connectivity index (χ2n) is 4.42. The first-order valence-electron chi connectivity index (χ1n) is 5.96. The summed E-state index contributed by atoms with van der Waals surface area (Å²) in [6, 6.07) is 7.45. The van der Waals surface area contributed by atoms with Crippen LogP contribution >= 0.6 is 0 Å². The summed E-state index contributed by atoms with van der Waals surface area (Å²) in [5.74, 6) is 1.41. The average molecular weight is 254 g/mol. The smallest absolute Gasteiger partial charge is 0.217 e. The minimum atomic E-state index is 0.687. The second-order valence-corrected chi connectivity index (χ2v) is 4.42. The first-order valence-corrected chi connectivity index (χ1v) is 5.96. The first kappa shape index (κ1) is 11.5. The van der Waals surface area contributed by atoms with Gasteiger partial charge in [0.1, 0.15) is 5.75 Å². The highest BCUT2D eigenvalue weighted by molar-refractivity contribution is 5.96. The Morgan fingerprint density at radius 3 is 2.79 bits per heavy atom. The molecule has 5 heteroatoms. The van der Waals surface area contributed by atoms with Crippen molar-refractivity contribution in [3.05, 3.63) is 42.4 Å². The number of nitrogens with two attached hydrogens (primary N) is 1. The third kappa shape index (κ3) is 1.99. The zero-order valence-corrected chi connectivity index (χ0v) is 10.8. The van der Waals surface area contributed by atoms with Gasteiger partial charge in [-0.05, 0) is 25.1 Å². The van der Waals surface area contributed by atoms with Crippen molar-refractivity contribution in [2.45, 2.75) is 6.92 Å². The number of rotatable bonds is 2. The Morgan fingerprint density at radius 1 is 1.21 bits per heavy atom. The lowest BCUT2D eigenvalue weighted by Crippen LogP contribution is -1.96. The molecule has 3 aromatic rings. The molecule has 0 aliphatic rings. The number of anilines is 1. The molecule has 0 bridgehead atoms. The van der Waals surface area contributed by atoms with E-state index in [9.17, 15) is 0 Å². The van der Waals surface area contributed by atoms with Crippen LogP contribution in [0.3, 0.4) is 0 Å². The normalized spacial score (nSPS) is 10.8. The van der Waals surface area contributed by atoms with Gasteiger partial charge in [-0.1, -0.05) is 0 Å². The van der Waals surface area contributed by atoms with E-state index in [4.69, 9.17) is 10.5 Å². The summed E-state index contributed by atoms with van der Waals surface area (Å²) in [6.45, 7) is 1.93. The summed E-state index contributed by atoms with van der Waals surface area (Å²) in [5, 5.41) is 6.08. The number of benzene rings is 1. The lowest BCUT2D eigenvalue weighted by molar-refractivity contribution is 0.435. The van der Waals surface area contributed by atoms with Crippen molar-refractivity contribution in [3.8, 4) is 11.6 Å². The predicted molar refractivity (Wildman–Crippen MR) is 74.2 cm³/mol. The number of hydrogen-bond acceptors (Lipinski definition) is 4. The van der Waals surface area contributed by atoms with Crippen molar-refractivity contribution < 1.29 is 4.74 Å². The minimum Gasteiger partial charge on any atom is -0.439 e. The SMILES string of the molecule is Cc1cc(Oc2ccc(N)c3ccncc23)n(C)n1. The Hall–Kier alpha value is -2.56. The van der Waals surface area contributed by atoms with Crippen LogP contribution in [0.1, 0.15) is 5.69 Å². The fourth-order valence-corrected chi connectivity index (χ4v) is 2.07. The highest BCUT2D eigenvalue weighted by Gasteiger charge is 2.09. The molecule has 2 aromatic heterocycles. The molecular formula is C14H14N4O. The molecule has 0 amide bonds. The maximum atomic E-state index is 5.95. The van der Waals surface area contributed by atoms with Crippen LogP contribution in [0, 0.1) is 6.92 Å². The van der Waals surface area contributed by atoms with E-state index >= 15 is 0 Å². The summed E-state index contributed by atoms with van der Waals surface area (Å²) in [6.07, 6.45) is 3.47. The van der Waals surface area contributed by atoms with Crippen molar-refractivity contribution >= 4 is 16.5 Å². The van der Waals surface area contributed by atoms with Crippen molar-refractivity contribution in [2.75, 3.05) is 5.73 Å². The van der Waals surface area contributed by atoms with Crippen LogP contribution in [0.5, 0.6) is 11.6 Å². The maximum Gasteiger partial charge on any atom is 0.217 e. The molecule has 3 rings (SSSR count). The van der Waals surface area contributed by atoms with Gasteiger partial charge in [0.05, 0.1) is 5.69 Å². The van der Waals surface area contributed by atoms with E-state index in [0.717, 1.165) is 22.2 Å². The molecule has 0 atom stereocenters. The molecule has 2 N–H and O–H groups in total. The molecule has 0 fully saturated rings. The van der Waals surface area contributed by atoms with Crippen molar-refractivity contribution in [3.63, 3.8) is 0 Å². The zero-order chi connectivity index (χ0) is 13.4. The molecule has 0 unspecified atom stereocenters. The van der Waals surface area contributed by atoms with Gasteiger partial charge < -0.3 is 10.5 Å². The molecule has 0 saturated heterocycles. The molecule has 0 radical (unpaired) electrons. The van der Waals surface area contributed by atoms with Gasteiger partial charge in [-0.25, -0.2) is 4.68 Å². The van der Waals surface area contributed by atoms with Crippen molar-refractivity contribution in [1.82, 2.24) is 14.8 Å². The summed E-state index contributed by atoms with van der Waals surface area (Å²) in [7, 11) is 1.85. The van der Waals surface area contributed by atoms with E-state index in [2.05, 4.69) is 10.1 Å². The number of ether oxygens (including phenoxy) is 1. The molecule has 0 aliphatic heterocycles. The number of hydrogen-bond donors (Lipinski definition) is 1. The van der Waals surface area contributed by atoms with Crippen LogP contribution in [0.2, 0.25) is 0 Å². The summed E-state index contributed by atoms with van der Waals surface area (Å²) < 4.78 is 7.61. The van der Waals surface area contributed by atoms with Crippen LogP contribution in [-0.4, -0.2) is 14.8 Å². The second kappa shape index (κ2) is 4.28. The van der Waals surface area contributed by atoms with Crippen LogP contribution < -0.4 is 10.5 Å². The van der Waals surface area contributed by atoms with E-state index in [1.807, 2.05) is 38.2 Å². The number of nitrogens with zero attached hydrogens (tertiary/aromatic N) is 3. The number of fused-ring (bicyclic) bond motifs is 1. The van der Waals surface area contributed by atoms with Crippen molar-refractivity contribution in [1.29, 1.82) is 0 Å². The standard InChI is InChI=1S/C14H14N4O/c1-9-7-14(18(2)17-9)19-13-4-3-12(15)10-5-6-16-8-11(10)13/h3-8H,15H2,1-2H3. The Kier molecular flexibility index (Phi) is 2.59. The van der Waals surface area contributed by atoms with Crippen molar-refractivity contribution in [2.24, 2.45) is 7.05 Å². The molecule has 0 saturated carbocycles. The number of nitrogen functional groups attached to an aromatic ring is 1. The van der Waals surface area contributed by atoms with Gasteiger partial charge in [0.2, 0.25) is 5.88 Å². The molecule has 5 nitrogen and oxygen atoms in total. The van der Waals surface area contributed by atoms with Crippen LogP contribution in [0.25, 0.3) is 10.8 Å². The first-order chi connectivity index (χ1) is 9.15. The fraction of sp³-hybridized carbons (Fsp3) is 0.143. The quantitative estimate of drug-likeness (QED) is 0.714. The fourth-order valence-electron chi connectivity index (χ4n) is 2.07. The third-order valence-electron chi connectivity index (χ3n) is 2.99. The summed E-state index contributed by atoms with van der Waals surface area (Å²) in [4.78, 5) is 4.13. The zero-order valence-electron chi connectivity index (χ0n) is 10.8. The third-order valence-corrected chi connectivity index (χ3v) is 2.99. The van der Waals surface area contributed by atoms with Gasteiger partial charge in [-0.2, -0.15) is 5.10 Å².